The number of fused-ring (bicyclic) bond motifs is 5. The van der Waals surface area contributed by atoms with E-state index in [0.29, 0.717) is 89.2 Å². The first kappa shape index (κ1) is 97.7. The average Bonchev–Trinajstić information content (AvgIpc) is 1.76. The van der Waals surface area contributed by atoms with Crippen molar-refractivity contribution in [3.8, 4) is 86.0 Å². The SMILES string of the molecule is Cc1ccccc1-c1c(Cl)c(N)c2cnc(Nc3cnn(C(C)C#N)c3)cc2c1Cl.Cc1ccccc1-c1cc(N)c2cnc(Nc3cnn(C(C)C#N)c3)cc2c1Cl.Cc1ccccc1-c1cc(N)c2cnc(Nc3cnn([C@@H](C)C#N)c3)cc2c1.Cc1ccccc1-c1cc(N)c2cnc(Nc3cnn([C@@H](C)C#N)c3)cc2c1.Cc1ccccc1-c1cc(N)c2cnc(Nc3cnn([C@H](C)C#N)c3)cc2c1. The molecule has 10 aromatic carbocycles. The fraction of sp³-hybridized carbons (Fsp3) is 0.136. The maximum atomic E-state index is 9.04. The van der Waals surface area contributed by atoms with Crippen LogP contribution in [-0.2, 0) is 0 Å². The lowest BCUT2D eigenvalue weighted by atomic mass is 9.97. The average molecular weight is 1950 g/mol. The first-order chi connectivity index (χ1) is 69.0. The van der Waals surface area contributed by atoms with Crippen molar-refractivity contribution in [2.75, 3.05) is 55.3 Å². The fourth-order valence-electron chi connectivity index (χ4n) is 16.3. The maximum absolute atomic E-state index is 9.04. The quantitative estimate of drug-likeness (QED) is 0.0317. The van der Waals surface area contributed by atoms with E-state index in [1.807, 2.05) is 153 Å². The summed E-state index contributed by atoms with van der Waals surface area (Å²) in [5, 5.41) is 92.6. The van der Waals surface area contributed by atoms with Crippen LogP contribution in [0.5, 0.6) is 0 Å². The molecule has 0 saturated carbocycles. The Kier molecular flexibility index (Phi) is 29.5. The zero-order chi connectivity index (χ0) is 101. The molecular formula is C110H97Cl3N30. The second-order valence-electron chi connectivity index (χ2n) is 34.3. The molecule has 0 aliphatic rings. The molecule has 0 saturated heterocycles. The van der Waals surface area contributed by atoms with Crippen LogP contribution in [0, 0.1) is 91.3 Å². The summed E-state index contributed by atoms with van der Waals surface area (Å²) in [5.74, 6) is 3.27. The molecule has 30 nitrogen and oxygen atoms in total. The molecule has 0 aliphatic heterocycles. The molecule has 10 aromatic heterocycles. The van der Waals surface area contributed by atoms with E-state index in [0.717, 1.165) is 132 Å². The van der Waals surface area contributed by atoms with E-state index in [4.69, 9.17) is 89.8 Å². The van der Waals surface area contributed by atoms with Crippen LogP contribution >= 0.6 is 34.8 Å². The van der Waals surface area contributed by atoms with E-state index in [1.54, 1.807) is 151 Å². The summed E-state index contributed by atoms with van der Waals surface area (Å²) in [6.45, 7) is 19.3. The highest BCUT2D eigenvalue weighted by molar-refractivity contribution is 6.45. The lowest BCUT2D eigenvalue weighted by Gasteiger charge is -2.16. The summed E-state index contributed by atoms with van der Waals surface area (Å²) < 4.78 is 7.99. The lowest BCUT2D eigenvalue weighted by molar-refractivity contribution is 0.591. The summed E-state index contributed by atoms with van der Waals surface area (Å²) in [6.07, 6.45) is 25.9. The van der Waals surface area contributed by atoms with E-state index in [9.17, 15) is 0 Å². The molecular weight excluding hydrogens is 1850 g/mol. The van der Waals surface area contributed by atoms with E-state index in [1.165, 1.54) is 16.7 Å². The number of nitriles is 5. The van der Waals surface area contributed by atoms with Crippen LogP contribution in [0.3, 0.4) is 0 Å². The van der Waals surface area contributed by atoms with E-state index < -0.39 is 0 Å². The highest BCUT2D eigenvalue weighted by Gasteiger charge is 2.23. The van der Waals surface area contributed by atoms with Gasteiger partial charge in [0.05, 0.1) is 111 Å². The van der Waals surface area contributed by atoms with Gasteiger partial charge in [0.15, 0.2) is 0 Å². The van der Waals surface area contributed by atoms with Gasteiger partial charge in [0.2, 0.25) is 0 Å². The molecule has 0 amide bonds. The van der Waals surface area contributed by atoms with Crippen molar-refractivity contribution in [1.29, 1.82) is 26.3 Å². The molecule has 5 atom stereocenters. The van der Waals surface area contributed by atoms with Gasteiger partial charge in [-0.2, -0.15) is 51.8 Å². The van der Waals surface area contributed by atoms with Gasteiger partial charge in [-0.05, 0) is 231 Å². The minimum Gasteiger partial charge on any atom is -0.398 e. The summed E-state index contributed by atoms with van der Waals surface area (Å²) in [6, 6.07) is 73.7. The second kappa shape index (κ2) is 43.1. The van der Waals surface area contributed by atoms with Crippen LogP contribution < -0.4 is 55.3 Å². The molecule has 20 rings (SSSR count). The number of hydrogen-bond donors (Lipinski definition) is 10. The monoisotopic (exact) mass is 1940 g/mol. The van der Waals surface area contributed by atoms with Gasteiger partial charge in [0, 0.05) is 134 Å². The normalized spacial score (nSPS) is 11.9. The summed E-state index contributed by atoms with van der Waals surface area (Å²) >= 11 is 20.2. The summed E-state index contributed by atoms with van der Waals surface area (Å²) in [7, 11) is 0. The highest BCUT2D eigenvalue weighted by Crippen LogP contribution is 2.47. The van der Waals surface area contributed by atoms with Crippen LogP contribution in [0.15, 0.2) is 287 Å². The van der Waals surface area contributed by atoms with Crippen molar-refractivity contribution in [3.63, 3.8) is 0 Å². The number of aryl methyl sites for hydroxylation is 5. The van der Waals surface area contributed by atoms with Crippen LogP contribution in [-0.4, -0.2) is 73.8 Å². The first-order valence-corrected chi connectivity index (χ1v) is 46.5. The van der Waals surface area contributed by atoms with Gasteiger partial charge >= 0.3 is 0 Å². The predicted molar refractivity (Wildman–Crippen MR) is 576 cm³/mol. The molecule has 15 N–H and O–H groups in total. The van der Waals surface area contributed by atoms with Gasteiger partial charge < -0.3 is 55.3 Å². The van der Waals surface area contributed by atoms with Gasteiger partial charge in [-0.15, -0.1) is 0 Å². The number of hydrogen-bond acceptors (Lipinski definition) is 25. The molecule has 0 spiro atoms. The second-order valence-corrected chi connectivity index (χ2v) is 35.4. The van der Waals surface area contributed by atoms with E-state index in [-0.39, 0.29) is 30.2 Å². The number of halogens is 3. The molecule has 708 valence electrons. The summed E-state index contributed by atoms with van der Waals surface area (Å²) in [4.78, 5) is 22.3. The number of nitrogens with two attached hydrogens (primary N) is 5. The Morgan fingerprint density at radius 3 is 0.811 bits per heavy atom. The highest BCUT2D eigenvalue weighted by atomic mass is 35.5. The summed E-state index contributed by atoms with van der Waals surface area (Å²) in [5.41, 5.74) is 54.5. The third kappa shape index (κ3) is 22.0. The van der Waals surface area contributed by atoms with E-state index in [2.05, 4.69) is 183 Å². The smallest absolute Gasteiger partial charge is 0.135 e. The Bertz CT molecular complexity index is 7970. The Balaban J connectivity index is 0.000000128. The number of anilines is 15. The Morgan fingerprint density at radius 2 is 0.517 bits per heavy atom. The van der Waals surface area contributed by atoms with Crippen molar-refractivity contribution < 1.29 is 0 Å². The minimum atomic E-state index is -0.363. The zero-order valence-corrected chi connectivity index (χ0v) is 81.8. The van der Waals surface area contributed by atoms with E-state index >= 15 is 0 Å². The lowest BCUT2D eigenvalue weighted by Crippen LogP contribution is -2.02. The topological polar surface area (TPSA) is 463 Å². The van der Waals surface area contributed by atoms with Crippen molar-refractivity contribution in [2.24, 2.45) is 0 Å². The maximum Gasteiger partial charge on any atom is 0.135 e. The standard InChI is InChI=1S/C22H18Cl2N6.C22H19ClN6.3C22H20N6/c1-12-5-3-4-6-15(12)19-20(23)16-7-18(27-10-17(16)22(26)21(19)24)29-14-9-28-30(11-14)13(2)8-25;1-13-5-3-4-6-16(13)17-7-20(25)19-11-26-21(8-18(19)22(17)23)28-15-10-27-29(12-15)14(2)9-24;3*1-14-5-3-4-6-19(14)16-7-17-9-22(25-12-20(17)21(24)8-16)27-18-11-26-28(13-18)15(2)10-23/h3-7,9-11,13H,26H2,1-2H3,(H,27,29);3-8,10-12,14H,25H2,1-2H3,(H,26,28);3*3-9,11-13,15H,24H2,1-2H3,(H,25,27)/t;;3*15-/m..100/s1. The molecule has 33 heteroatoms. The number of nitrogen functional groups attached to an aromatic ring is 5. The molecule has 0 radical (unpaired) electrons. The Morgan fingerprint density at radius 1 is 0.266 bits per heavy atom. The molecule has 143 heavy (non-hydrogen) atoms. The Hall–Kier alpha value is -18.4. The molecule has 0 fully saturated rings. The molecule has 20 aromatic rings. The molecule has 2 unspecified atom stereocenters. The van der Waals surface area contributed by atoms with Crippen molar-refractivity contribution in [1.82, 2.24) is 73.8 Å². The third-order valence-corrected chi connectivity index (χ3v) is 25.4. The number of pyridine rings is 5. The van der Waals surface area contributed by atoms with Crippen molar-refractivity contribution >= 4 is 175 Å². The number of nitrogens with zero attached hydrogens (tertiary/aromatic N) is 20. The number of aromatic nitrogens is 15. The molecule has 0 bridgehead atoms. The number of rotatable bonds is 20. The molecule has 0 aliphatic carbocycles. The van der Waals surface area contributed by atoms with Crippen LogP contribution in [0.2, 0.25) is 15.1 Å². The van der Waals surface area contributed by atoms with Crippen LogP contribution in [0.1, 0.15) is 92.6 Å². The van der Waals surface area contributed by atoms with Gasteiger partial charge in [0.25, 0.3) is 0 Å². The predicted octanol–water partition coefficient (Wildman–Crippen LogP) is 26.0. The fourth-order valence-corrected chi connectivity index (χ4v) is 17.3. The van der Waals surface area contributed by atoms with Crippen molar-refractivity contribution in [2.45, 2.75) is 99.4 Å². The van der Waals surface area contributed by atoms with Crippen molar-refractivity contribution in [3.05, 3.63) is 330 Å². The van der Waals surface area contributed by atoms with Gasteiger partial charge in [0.1, 0.15) is 59.3 Å². The van der Waals surface area contributed by atoms with Crippen LogP contribution in [0.25, 0.3) is 109 Å². The van der Waals surface area contributed by atoms with Crippen LogP contribution in [0.4, 0.5) is 86.0 Å². The minimum absolute atomic E-state index is 0.323. The largest absolute Gasteiger partial charge is 0.398 e. The van der Waals surface area contributed by atoms with Gasteiger partial charge in [-0.25, -0.2) is 24.9 Å². The third-order valence-electron chi connectivity index (χ3n) is 24.2. The zero-order valence-electron chi connectivity index (χ0n) is 79.5. The number of nitrogens with one attached hydrogen (secondary N) is 5. The first-order valence-electron chi connectivity index (χ1n) is 45.4. The van der Waals surface area contributed by atoms with Gasteiger partial charge in [-0.1, -0.05) is 156 Å². The van der Waals surface area contributed by atoms with Gasteiger partial charge in [-0.3, -0.25) is 23.4 Å². The number of benzene rings is 10. The molecule has 10 heterocycles. The Labute approximate surface area is 839 Å².